The Kier molecular flexibility index (Phi) is 46.8. The summed E-state index contributed by atoms with van der Waals surface area (Å²) in [5.74, 6) is -0.336. The monoisotopic (exact) mass is 864 g/mol. The number of carbonyl (C=O) groups excluding carboxylic acids is 1. The number of phosphoric ester groups is 1. The Bertz CT molecular complexity index is 1110. The van der Waals surface area contributed by atoms with E-state index in [0.717, 1.165) is 70.6 Å². The number of unbranched alkanes of at least 4 members (excludes halogenated alkanes) is 24. The van der Waals surface area contributed by atoms with Crippen molar-refractivity contribution in [1.29, 1.82) is 0 Å². The molecule has 3 N–H and O–H groups in total. The van der Waals surface area contributed by atoms with Gasteiger partial charge in [-0.3, -0.25) is 13.8 Å². The number of carbonyl (C=O) groups is 1. The third-order valence-electron chi connectivity index (χ3n) is 10.4. The number of rotatable bonds is 47. The number of phosphoric acid groups is 1. The van der Waals surface area contributed by atoms with Crippen molar-refractivity contribution in [1.82, 2.24) is 0 Å². The molecule has 2 atom stereocenters. The van der Waals surface area contributed by atoms with E-state index < -0.39 is 13.9 Å². The van der Waals surface area contributed by atoms with Gasteiger partial charge in [0.15, 0.2) is 0 Å². The lowest BCUT2D eigenvalue weighted by molar-refractivity contribution is -0.154. The third kappa shape index (κ3) is 47.3. The highest BCUT2D eigenvalue weighted by Crippen LogP contribution is 2.43. The number of hydrogen-bond acceptors (Lipinski definition) is 7. The standard InChI is InChI=1S/C51H94NO7P/c1-3-5-7-9-11-13-15-17-19-21-22-23-24-25-26-27-28-29-30-32-34-36-38-40-42-44-51(53)59-50(49-58-60(54,55)57-47-45-52)48-56-46-43-41-39-37-35-33-31-20-18-16-14-12-10-8-6-4-2/h6,8,12,14-15,17-18,20-22,50H,3-5,7,9-11,13,16,19,23-49,52H2,1-2H3,(H,54,55)/b8-6-,14-12-,17-15-,20-18-,22-21-. The van der Waals surface area contributed by atoms with E-state index in [1.165, 1.54) is 128 Å². The van der Waals surface area contributed by atoms with Crippen LogP contribution in [0.3, 0.4) is 0 Å². The van der Waals surface area contributed by atoms with Crippen molar-refractivity contribution in [2.45, 2.75) is 225 Å². The summed E-state index contributed by atoms with van der Waals surface area (Å²) in [6, 6.07) is 0. The van der Waals surface area contributed by atoms with Crippen LogP contribution in [0.5, 0.6) is 0 Å². The predicted octanol–water partition coefficient (Wildman–Crippen LogP) is 15.3. The van der Waals surface area contributed by atoms with Crippen LogP contribution < -0.4 is 5.73 Å². The van der Waals surface area contributed by atoms with E-state index in [9.17, 15) is 14.3 Å². The van der Waals surface area contributed by atoms with Gasteiger partial charge in [-0.15, -0.1) is 0 Å². The van der Waals surface area contributed by atoms with Crippen molar-refractivity contribution in [2.75, 3.05) is 33.0 Å². The molecule has 0 saturated heterocycles. The van der Waals surface area contributed by atoms with Crippen molar-refractivity contribution in [3.63, 3.8) is 0 Å². The molecule has 0 aromatic rings. The summed E-state index contributed by atoms with van der Waals surface area (Å²) in [6.45, 7) is 4.78. The van der Waals surface area contributed by atoms with Gasteiger partial charge in [-0.1, -0.05) is 197 Å². The molecule has 60 heavy (non-hydrogen) atoms. The van der Waals surface area contributed by atoms with Gasteiger partial charge in [-0.05, 0) is 77.0 Å². The second-order valence-electron chi connectivity index (χ2n) is 16.3. The molecule has 0 spiro atoms. The molecule has 0 aromatic heterocycles. The molecule has 0 aliphatic carbocycles. The Morgan fingerprint density at radius 3 is 1.40 bits per heavy atom. The number of ether oxygens (including phenoxy) is 2. The molecule has 0 aromatic carbocycles. The summed E-state index contributed by atoms with van der Waals surface area (Å²) < 4.78 is 33.5. The lowest BCUT2D eigenvalue weighted by atomic mass is 10.0. The van der Waals surface area contributed by atoms with E-state index in [1.54, 1.807) is 0 Å². The fourth-order valence-electron chi connectivity index (χ4n) is 6.81. The Morgan fingerprint density at radius 2 is 0.933 bits per heavy atom. The summed E-state index contributed by atoms with van der Waals surface area (Å²) >= 11 is 0. The first-order valence-corrected chi connectivity index (χ1v) is 26.3. The smallest absolute Gasteiger partial charge is 0.457 e. The van der Waals surface area contributed by atoms with Crippen molar-refractivity contribution in [3.05, 3.63) is 60.8 Å². The van der Waals surface area contributed by atoms with Crippen LogP contribution in [0.15, 0.2) is 60.8 Å². The van der Waals surface area contributed by atoms with E-state index >= 15 is 0 Å². The van der Waals surface area contributed by atoms with Gasteiger partial charge in [-0.2, -0.15) is 0 Å². The van der Waals surface area contributed by atoms with Crippen LogP contribution in [0, 0.1) is 0 Å². The molecule has 8 nitrogen and oxygen atoms in total. The minimum atomic E-state index is -4.29. The van der Waals surface area contributed by atoms with Crippen molar-refractivity contribution in [2.24, 2.45) is 5.73 Å². The second-order valence-corrected chi connectivity index (χ2v) is 17.7. The highest BCUT2D eigenvalue weighted by molar-refractivity contribution is 7.47. The summed E-state index contributed by atoms with van der Waals surface area (Å²) in [5, 5.41) is 0. The zero-order valence-electron chi connectivity index (χ0n) is 38.9. The Labute approximate surface area is 370 Å². The molecular formula is C51H94NO7P. The molecule has 0 aliphatic heterocycles. The minimum Gasteiger partial charge on any atom is -0.457 e. The number of nitrogens with two attached hydrogens (primary N) is 1. The largest absolute Gasteiger partial charge is 0.472 e. The van der Waals surface area contributed by atoms with Crippen molar-refractivity contribution < 1.29 is 32.8 Å². The van der Waals surface area contributed by atoms with Crippen molar-refractivity contribution in [3.8, 4) is 0 Å². The van der Waals surface area contributed by atoms with Gasteiger partial charge in [0.05, 0.1) is 19.8 Å². The highest BCUT2D eigenvalue weighted by atomic mass is 31.2. The van der Waals surface area contributed by atoms with E-state index in [1.807, 2.05) is 0 Å². The highest BCUT2D eigenvalue weighted by Gasteiger charge is 2.25. The molecule has 9 heteroatoms. The topological polar surface area (TPSA) is 117 Å². The van der Waals surface area contributed by atoms with E-state index in [-0.39, 0.29) is 32.3 Å². The normalized spacial score (nSPS) is 13.9. The lowest BCUT2D eigenvalue weighted by Crippen LogP contribution is -2.28. The first-order valence-electron chi connectivity index (χ1n) is 24.8. The minimum absolute atomic E-state index is 0.0960. The summed E-state index contributed by atoms with van der Waals surface area (Å²) in [7, 11) is -4.29. The van der Waals surface area contributed by atoms with Crippen LogP contribution in [0.2, 0.25) is 0 Å². The molecule has 0 saturated carbocycles. The number of hydrogen-bond donors (Lipinski definition) is 2. The van der Waals surface area contributed by atoms with Gasteiger partial charge in [-0.25, -0.2) is 4.57 Å². The average Bonchev–Trinajstić information content (AvgIpc) is 3.24. The lowest BCUT2D eigenvalue weighted by Gasteiger charge is -2.20. The van der Waals surface area contributed by atoms with E-state index in [0.29, 0.717) is 13.0 Å². The van der Waals surface area contributed by atoms with E-state index in [4.69, 9.17) is 24.3 Å². The first-order chi connectivity index (χ1) is 29.4. The van der Waals surface area contributed by atoms with Gasteiger partial charge in [0.1, 0.15) is 6.10 Å². The van der Waals surface area contributed by atoms with Crippen LogP contribution in [-0.2, 0) is 27.9 Å². The summed E-state index contributed by atoms with van der Waals surface area (Å²) in [6.07, 6.45) is 59.7. The van der Waals surface area contributed by atoms with Gasteiger partial charge in [0, 0.05) is 19.6 Å². The Hall–Kier alpha value is -1.80. The van der Waals surface area contributed by atoms with E-state index in [2.05, 4.69) is 74.6 Å². The molecule has 0 heterocycles. The second kappa shape index (κ2) is 48.2. The molecule has 0 radical (unpaired) electrons. The maximum atomic E-state index is 12.6. The van der Waals surface area contributed by atoms with Gasteiger partial charge >= 0.3 is 13.8 Å². The quantitative estimate of drug-likeness (QED) is 0.0269. The molecule has 2 unspecified atom stereocenters. The molecule has 0 fully saturated rings. The SMILES string of the molecule is CC/C=C\C/C=C\C/C=C\CCCCCCCCOCC(COP(=O)(O)OCCN)OC(=O)CCCCCCCCCCCCCCC/C=C\C/C=C\CCCCCCC. The maximum Gasteiger partial charge on any atom is 0.472 e. The first kappa shape index (κ1) is 58.2. The Balaban J connectivity index is 3.94. The molecule has 0 aliphatic rings. The Morgan fingerprint density at radius 1 is 0.517 bits per heavy atom. The van der Waals surface area contributed by atoms with Gasteiger partial charge < -0.3 is 20.1 Å². The molecule has 0 bridgehead atoms. The van der Waals surface area contributed by atoms with Crippen LogP contribution in [0.4, 0.5) is 0 Å². The maximum absolute atomic E-state index is 12.6. The fraction of sp³-hybridized carbons (Fsp3) is 0.784. The van der Waals surface area contributed by atoms with Crippen LogP contribution in [0.25, 0.3) is 0 Å². The number of esters is 1. The molecular weight excluding hydrogens is 770 g/mol. The van der Waals surface area contributed by atoms with Crippen LogP contribution in [0.1, 0.15) is 219 Å². The van der Waals surface area contributed by atoms with Gasteiger partial charge in [0.2, 0.25) is 0 Å². The van der Waals surface area contributed by atoms with Crippen molar-refractivity contribution >= 4 is 13.8 Å². The fourth-order valence-corrected chi connectivity index (χ4v) is 7.57. The van der Waals surface area contributed by atoms with Gasteiger partial charge in [0.25, 0.3) is 0 Å². The molecule has 350 valence electrons. The summed E-state index contributed by atoms with van der Waals surface area (Å²) in [5.41, 5.74) is 5.38. The zero-order valence-corrected chi connectivity index (χ0v) is 39.8. The third-order valence-corrected chi connectivity index (χ3v) is 11.4. The zero-order chi connectivity index (χ0) is 43.7. The predicted molar refractivity (Wildman–Crippen MR) is 256 cm³/mol. The number of allylic oxidation sites excluding steroid dienone is 10. The molecule has 0 rings (SSSR count). The van der Waals surface area contributed by atoms with Crippen LogP contribution in [-0.4, -0.2) is 49.9 Å². The van der Waals surface area contributed by atoms with Crippen LogP contribution >= 0.6 is 7.82 Å². The average molecular weight is 864 g/mol. The summed E-state index contributed by atoms with van der Waals surface area (Å²) in [4.78, 5) is 22.6. The molecule has 0 amide bonds.